The molecule has 1 aromatic carbocycles. The van der Waals surface area contributed by atoms with Gasteiger partial charge in [0, 0.05) is 23.3 Å². The standard InChI is InChI=1S/C21H35BrO3Si/c1-16(2)24-26(25-17(3)4)15-5-14-23-21-12-8-19(9-13-21)18-6-10-20(22)11-7-18/h6-7,10-11,16-17,19,21,26H,5,8-9,12-15H2,1-4H3/t19-,21-. The van der Waals surface area contributed by atoms with Gasteiger partial charge in [0.15, 0.2) is 0 Å². The third-order valence-corrected chi connectivity index (χ3v) is 7.91. The maximum Gasteiger partial charge on any atom is 0.321 e. The van der Waals surface area contributed by atoms with Crippen molar-refractivity contribution in [2.45, 2.75) is 90.1 Å². The molecule has 0 spiro atoms. The fourth-order valence-corrected chi connectivity index (χ4v) is 5.89. The third kappa shape index (κ3) is 8.22. The summed E-state index contributed by atoms with van der Waals surface area (Å²) in [5.74, 6) is 0.693. The summed E-state index contributed by atoms with van der Waals surface area (Å²) in [7, 11) is -1.56. The predicted molar refractivity (Wildman–Crippen MR) is 114 cm³/mol. The minimum absolute atomic E-state index is 0.250. The first kappa shape index (κ1) is 22.1. The van der Waals surface area contributed by atoms with Gasteiger partial charge in [-0.2, -0.15) is 0 Å². The second kappa shape index (κ2) is 11.6. The number of rotatable bonds is 10. The highest BCUT2D eigenvalue weighted by molar-refractivity contribution is 9.10. The van der Waals surface area contributed by atoms with Crippen molar-refractivity contribution >= 4 is 25.2 Å². The molecule has 0 amide bonds. The Morgan fingerprint density at radius 1 is 0.962 bits per heavy atom. The van der Waals surface area contributed by atoms with E-state index in [9.17, 15) is 0 Å². The average molecular weight is 443 g/mol. The van der Waals surface area contributed by atoms with E-state index in [4.69, 9.17) is 13.6 Å². The Kier molecular flexibility index (Phi) is 9.85. The van der Waals surface area contributed by atoms with Gasteiger partial charge in [-0.3, -0.25) is 0 Å². The molecule has 0 radical (unpaired) electrons. The fraction of sp³-hybridized carbons (Fsp3) is 0.714. The van der Waals surface area contributed by atoms with Gasteiger partial charge in [0.1, 0.15) is 0 Å². The number of hydrogen-bond donors (Lipinski definition) is 0. The summed E-state index contributed by atoms with van der Waals surface area (Å²) in [6.07, 6.45) is 6.79. The van der Waals surface area contributed by atoms with E-state index < -0.39 is 9.28 Å². The molecule has 148 valence electrons. The van der Waals surface area contributed by atoms with E-state index in [1.807, 2.05) is 0 Å². The lowest BCUT2D eigenvalue weighted by Gasteiger charge is -2.29. The van der Waals surface area contributed by atoms with Gasteiger partial charge < -0.3 is 13.6 Å². The molecule has 3 nitrogen and oxygen atoms in total. The van der Waals surface area contributed by atoms with E-state index in [2.05, 4.69) is 67.9 Å². The van der Waals surface area contributed by atoms with E-state index in [0.29, 0.717) is 12.0 Å². The largest absolute Gasteiger partial charge is 0.394 e. The molecule has 0 unspecified atom stereocenters. The zero-order valence-corrected chi connectivity index (χ0v) is 19.5. The minimum Gasteiger partial charge on any atom is -0.394 e. The second-order valence-electron chi connectivity index (χ2n) is 7.84. The van der Waals surface area contributed by atoms with Gasteiger partial charge in [-0.25, -0.2) is 0 Å². The molecule has 5 heteroatoms. The van der Waals surface area contributed by atoms with Crippen LogP contribution in [0.4, 0.5) is 0 Å². The van der Waals surface area contributed by atoms with E-state index in [0.717, 1.165) is 23.5 Å². The first-order valence-corrected chi connectivity index (χ1v) is 12.7. The van der Waals surface area contributed by atoms with E-state index >= 15 is 0 Å². The van der Waals surface area contributed by atoms with E-state index in [1.165, 1.54) is 31.2 Å². The molecule has 0 aromatic heterocycles. The molecular weight excluding hydrogens is 408 g/mol. The van der Waals surface area contributed by atoms with Crippen LogP contribution in [0.2, 0.25) is 6.04 Å². The summed E-state index contributed by atoms with van der Waals surface area (Å²) in [5.41, 5.74) is 1.47. The molecule has 0 bridgehead atoms. The highest BCUT2D eigenvalue weighted by Gasteiger charge is 2.23. The molecule has 0 N–H and O–H groups in total. The maximum atomic E-state index is 6.15. The van der Waals surface area contributed by atoms with Crippen LogP contribution in [0.1, 0.15) is 71.3 Å². The Morgan fingerprint density at radius 3 is 2.08 bits per heavy atom. The number of ether oxygens (including phenoxy) is 1. The quantitative estimate of drug-likeness (QED) is 0.330. The van der Waals surface area contributed by atoms with Crippen LogP contribution in [-0.4, -0.2) is 34.2 Å². The summed E-state index contributed by atoms with van der Waals surface area (Å²) in [4.78, 5) is 0. The van der Waals surface area contributed by atoms with Crippen molar-refractivity contribution in [2.75, 3.05) is 6.61 Å². The van der Waals surface area contributed by atoms with E-state index in [1.54, 1.807) is 0 Å². The molecule has 26 heavy (non-hydrogen) atoms. The van der Waals surface area contributed by atoms with Crippen LogP contribution in [0, 0.1) is 0 Å². The molecule has 1 fully saturated rings. The molecule has 0 atom stereocenters. The molecule has 0 aliphatic heterocycles. The van der Waals surface area contributed by atoms with Gasteiger partial charge in [-0.05, 0) is 89.5 Å². The van der Waals surface area contributed by atoms with Crippen molar-refractivity contribution in [3.63, 3.8) is 0 Å². The first-order chi connectivity index (χ1) is 12.4. The van der Waals surface area contributed by atoms with Crippen molar-refractivity contribution in [3.8, 4) is 0 Å². The Morgan fingerprint density at radius 2 is 1.54 bits per heavy atom. The zero-order valence-electron chi connectivity index (χ0n) is 16.7. The Balaban J connectivity index is 1.64. The van der Waals surface area contributed by atoms with Crippen molar-refractivity contribution < 1.29 is 13.6 Å². The molecule has 1 aromatic rings. The van der Waals surface area contributed by atoms with Crippen molar-refractivity contribution in [2.24, 2.45) is 0 Å². The number of halogens is 1. The van der Waals surface area contributed by atoms with Gasteiger partial charge in [-0.15, -0.1) is 0 Å². The van der Waals surface area contributed by atoms with Crippen LogP contribution in [0.5, 0.6) is 0 Å². The van der Waals surface area contributed by atoms with Crippen LogP contribution < -0.4 is 0 Å². The van der Waals surface area contributed by atoms with Gasteiger partial charge in [0.25, 0.3) is 0 Å². The second-order valence-corrected chi connectivity index (χ2v) is 10.7. The molecular formula is C21H35BrO3Si. The van der Waals surface area contributed by atoms with Gasteiger partial charge >= 0.3 is 9.28 Å². The Labute approximate surface area is 169 Å². The fourth-order valence-electron chi connectivity index (χ4n) is 3.57. The lowest BCUT2D eigenvalue weighted by atomic mass is 9.83. The predicted octanol–water partition coefficient (Wildman–Crippen LogP) is 5.95. The van der Waals surface area contributed by atoms with Crippen LogP contribution in [0.15, 0.2) is 28.7 Å². The highest BCUT2D eigenvalue weighted by atomic mass is 79.9. The molecule has 1 aliphatic carbocycles. The topological polar surface area (TPSA) is 27.7 Å². The lowest BCUT2D eigenvalue weighted by Crippen LogP contribution is -2.30. The molecule has 0 heterocycles. The molecule has 0 saturated heterocycles. The summed E-state index contributed by atoms with van der Waals surface area (Å²) in [5, 5.41) is 0. The normalized spacial score (nSPS) is 21.1. The summed E-state index contributed by atoms with van der Waals surface area (Å²) < 4.78 is 19.3. The zero-order chi connectivity index (χ0) is 18.9. The summed E-state index contributed by atoms with van der Waals surface area (Å²) in [6.45, 7) is 9.18. The molecule has 1 saturated carbocycles. The van der Waals surface area contributed by atoms with Crippen LogP contribution in [-0.2, 0) is 13.6 Å². The SMILES string of the molecule is CC(C)O[SiH](CCCO[C@H]1CC[C@H](c2ccc(Br)cc2)CC1)OC(C)C. The van der Waals surface area contributed by atoms with Crippen molar-refractivity contribution in [3.05, 3.63) is 34.3 Å². The molecule has 2 rings (SSSR count). The summed E-state index contributed by atoms with van der Waals surface area (Å²) in [6, 6.07) is 9.84. The first-order valence-electron chi connectivity index (χ1n) is 10.1. The van der Waals surface area contributed by atoms with Crippen LogP contribution in [0.25, 0.3) is 0 Å². The maximum absolute atomic E-state index is 6.15. The highest BCUT2D eigenvalue weighted by Crippen LogP contribution is 2.34. The Hall–Kier alpha value is -0.203. The van der Waals surface area contributed by atoms with Gasteiger partial charge in [0.05, 0.1) is 6.10 Å². The van der Waals surface area contributed by atoms with Crippen LogP contribution in [0.3, 0.4) is 0 Å². The smallest absolute Gasteiger partial charge is 0.321 e. The van der Waals surface area contributed by atoms with Crippen LogP contribution >= 0.6 is 15.9 Å². The van der Waals surface area contributed by atoms with Gasteiger partial charge in [-0.1, -0.05) is 28.1 Å². The third-order valence-electron chi connectivity index (χ3n) is 4.80. The molecule has 1 aliphatic rings. The van der Waals surface area contributed by atoms with Crippen molar-refractivity contribution in [1.29, 1.82) is 0 Å². The van der Waals surface area contributed by atoms with Crippen molar-refractivity contribution in [1.82, 2.24) is 0 Å². The number of hydrogen-bond acceptors (Lipinski definition) is 3. The van der Waals surface area contributed by atoms with Gasteiger partial charge in [0.2, 0.25) is 0 Å². The summed E-state index contributed by atoms with van der Waals surface area (Å²) >= 11 is 3.52. The minimum atomic E-state index is -1.56. The van der Waals surface area contributed by atoms with E-state index in [-0.39, 0.29) is 12.2 Å². The average Bonchev–Trinajstić information content (AvgIpc) is 2.59. The Bertz CT molecular complexity index is 488. The monoisotopic (exact) mass is 442 g/mol. The number of benzene rings is 1. The lowest BCUT2D eigenvalue weighted by molar-refractivity contribution is 0.0237.